The fourth-order valence-electron chi connectivity index (χ4n) is 3.11. The van der Waals surface area contributed by atoms with E-state index in [1.54, 1.807) is 0 Å². The number of aromatic nitrogens is 2. The Kier molecular flexibility index (Phi) is 4.88. The van der Waals surface area contributed by atoms with Gasteiger partial charge in [-0.2, -0.15) is 10.4 Å². The van der Waals surface area contributed by atoms with Crippen LogP contribution in [-0.2, 0) is 9.53 Å². The summed E-state index contributed by atoms with van der Waals surface area (Å²) >= 11 is 0. The molecular formula is C17H24N4O2. The lowest BCUT2D eigenvalue weighted by Gasteiger charge is -2.31. The number of nitriles is 1. The third-order valence-corrected chi connectivity index (χ3v) is 4.94. The maximum Gasteiger partial charge on any atom is 0.314 e. The molecule has 1 aliphatic heterocycles. The van der Waals surface area contributed by atoms with E-state index < -0.39 is 5.41 Å². The molecule has 6 heteroatoms. The van der Waals surface area contributed by atoms with Gasteiger partial charge < -0.3 is 9.64 Å². The molecule has 6 nitrogen and oxygen atoms in total. The summed E-state index contributed by atoms with van der Waals surface area (Å²) in [6.07, 6.45) is 0.697. The van der Waals surface area contributed by atoms with Crippen molar-refractivity contribution in [2.24, 2.45) is 11.3 Å². The summed E-state index contributed by atoms with van der Waals surface area (Å²) in [5.74, 6) is 0.562. The lowest BCUT2D eigenvalue weighted by molar-refractivity contribution is -0.156. The van der Waals surface area contributed by atoms with Crippen molar-refractivity contribution in [1.29, 1.82) is 5.26 Å². The average Bonchev–Trinajstić information content (AvgIpc) is 2.96. The molecule has 0 bridgehead atoms. The van der Waals surface area contributed by atoms with E-state index in [1.165, 1.54) is 0 Å². The van der Waals surface area contributed by atoms with E-state index in [9.17, 15) is 10.1 Å². The van der Waals surface area contributed by atoms with Crippen LogP contribution in [0.2, 0.25) is 0 Å². The summed E-state index contributed by atoms with van der Waals surface area (Å²) in [6.45, 7) is 11.2. The minimum absolute atomic E-state index is 0.150. The van der Waals surface area contributed by atoms with Crippen molar-refractivity contribution in [1.82, 2.24) is 10.2 Å². The average molecular weight is 316 g/mol. The zero-order valence-corrected chi connectivity index (χ0v) is 14.5. The van der Waals surface area contributed by atoms with Crippen molar-refractivity contribution < 1.29 is 9.53 Å². The molecule has 2 heterocycles. The van der Waals surface area contributed by atoms with Gasteiger partial charge in [-0.15, -0.1) is 5.10 Å². The summed E-state index contributed by atoms with van der Waals surface area (Å²) < 4.78 is 5.31. The lowest BCUT2D eigenvalue weighted by atomic mass is 9.76. The van der Waals surface area contributed by atoms with Gasteiger partial charge in [-0.1, -0.05) is 13.8 Å². The molecule has 124 valence electrons. The van der Waals surface area contributed by atoms with E-state index in [2.05, 4.69) is 16.3 Å². The van der Waals surface area contributed by atoms with E-state index in [4.69, 9.17) is 4.74 Å². The highest BCUT2D eigenvalue weighted by Gasteiger charge is 2.49. The van der Waals surface area contributed by atoms with Gasteiger partial charge >= 0.3 is 5.97 Å². The zero-order valence-electron chi connectivity index (χ0n) is 14.5. The molecule has 0 radical (unpaired) electrons. The number of anilines is 1. The molecule has 1 saturated heterocycles. The maximum atomic E-state index is 12.5. The molecule has 2 rings (SSSR count). The molecule has 1 aliphatic rings. The molecule has 1 unspecified atom stereocenters. The van der Waals surface area contributed by atoms with Crippen LogP contribution < -0.4 is 4.90 Å². The predicted octanol–water partition coefficient (Wildman–Crippen LogP) is 2.38. The summed E-state index contributed by atoms with van der Waals surface area (Å²) in [5, 5.41) is 17.9. The molecule has 0 saturated carbocycles. The second kappa shape index (κ2) is 6.53. The normalized spacial score (nSPS) is 20.7. The van der Waals surface area contributed by atoms with Crippen molar-refractivity contribution in [3.8, 4) is 6.07 Å². The highest BCUT2D eigenvalue weighted by Crippen LogP contribution is 2.41. The maximum absolute atomic E-state index is 12.5. The van der Waals surface area contributed by atoms with Crippen LogP contribution in [0.5, 0.6) is 0 Å². The molecule has 1 aromatic rings. The topological polar surface area (TPSA) is 79.1 Å². The van der Waals surface area contributed by atoms with Crippen molar-refractivity contribution in [2.45, 2.75) is 41.0 Å². The van der Waals surface area contributed by atoms with E-state index in [1.807, 2.05) is 39.5 Å². The van der Waals surface area contributed by atoms with Gasteiger partial charge in [-0.25, -0.2) is 0 Å². The summed E-state index contributed by atoms with van der Waals surface area (Å²) in [4.78, 5) is 14.5. The van der Waals surface area contributed by atoms with Crippen molar-refractivity contribution in [3.63, 3.8) is 0 Å². The Morgan fingerprint density at radius 3 is 2.70 bits per heavy atom. The molecule has 0 spiro atoms. The number of nitrogens with zero attached hydrogens (tertiary/aromatic N) is 4. The zero-order chi connectivity index (χ0) is 17.2. The molecule has 0 N–H and O–H groups in total. The third-order valence-electron chi connectivity index (χ3n) is 4.94. The Balaban J connectivity index is 2.37. The number of carbonyl (C=O) groups is 1. The van der Waals surface area contributed by atoms with Crippen molar-refractivity contribution in [3.05, 3.63) is 16.8 Å². The van der Waals surface area contributed by atoms with Gasteiger partial charge in [0.2, 0.25) is 0 Å². The summed E-state index contributed by atoms with van der Waals surface area (Å²) in [7, 11) is 0. The summed E-state index contributed by atoms with van der Waals surface area (Å²) in [5.41, 5.74) is 1.59. The smallest absolute Gasteiger partial charge is 0.314 e. The standard InChI is InChI=1S/C17H24N4O2/c1-6-23-16(22)17(11(2)3)7-8-21(10-17)15-14(9-18)12(4)13(5)19-20-15/h11H,6-8,10H2,1-5H3. The number of ether oxygens (including phenoxy) is 1. The van der Waals surface area contributed by atoms with Crippen LogP contribution in [0, 0.1) is 36.5 Å². The molecule has 1 aromatic heterocycles. The van der Waals surface area contributed by atoms with Gasteiger partial charge in [-0.3, -0.25) is 4.79 Å². The van der Waals surface area contributed by atoms with Gasteiger partial charge in [0.05, 0.1) is 17.7 Å². The number of aryl methyl sites for hydroxylation is 1. The van der Waals surface area contributed by atoms with Crippen molar-refractivity contribution >= 4 is 11.8 Å². The van der Waals surface area contributed by atoms with Crippen LogP contribution in [0.15, 0.2) is 0 Å². The number of hydrogen-bond donors (Lipinski definition) is 0. The van der Waals surface area contributed by atoms with Crippen LogP contribution in [0.1, 0.15) is 44.0 Å². The van der Waals surface area contributed by atoms with E-state index in [-0.39, 0.29) is 11.9 Å². The number of carbonyl (C=O) groups excluding carboxylic acids is 1. The molecule has 0 amide bonds. The molecule has 1 atom stereocenters. The van der Waals surface area contributed by atoms with Crippen molar-refractivity contribution in [2.75, 3.05) is 24.6 Å². The summed E-state index contributed by atoms with van der Waals surface area (Å²) in [6, 6.07) is 2.23. The van der Waals surface area contributed by atoms with E-state index in [0.717, 1.165) is 11.3 Å². The number of hydrogen-bond acceptors (Lipinski definition) is 6. The Morgan fingerprint density at radius 1 is 1.43 bits per heavy atom. The first-order chi connectivity index (χ1) is 10.9. The van der Waals surface area contributed by atoms with Gasteiger partial charge in [0, 0.05) is 13.1 Å². The fraction of sp³-hybridized carbons (Fsp3) is 0.647. The van der Waals surface area contributed by atoms with Gasteiger partial charge in [0.25, 0.3) is 0 Å². The minimum atomic E-state index is -0.552. The highest BCUT2D eigenvalue weighted by atomic mass is 16.5. The predicted molar refractivity (Wildman–Crippen MR) is 87.0 cm³/mol. The lowest BCUT2D eigenvalue weighted by Crippen LogP contribution is -2.41. The number of rotatable bonds is 4. The van der Waals surface area contributed by atoms with Gasteiger partial charge in [-0.05, 0) is 38.7 Å². The van der Waals surface area contributed by atoms with Gasteiger partial charge in [0.1, 0.15) is 11.6 Å². The quantitative estimate of drug-likeness (QED) is 0.794. The molecule has 23 heavy (non-hydrogen) atoms. The first-order valence-electron chi connectivity index (χ1n) is 8.03. The minimum Gasteiger partial charge on any atom is -0.466 e. The Hall–Kier alpha value is -2.16. The van der Waals surface area contributed by atoms with Crippen LogP contribution in [0.4, 0.5) is 5.82 Å². The van der Waals surface area contributed by atoms with Crippen LogP contribution in [-0.4, -0.2) is 35.9 Å². The fourth-order valence-corrected chi connectivity index (χ4v) is 3.11. The monoisotopic (exact) mass is 316 g/mol. The Labute approximate surface area is 137 Å². The SMILES string of the molecule is CCOC(=O)C1(C(C)C)CCN(c2nnc(C)c(C)c2C#N)C1. The highest BCUT2D eigenvalue weighted by molar-refractivity contribution is 5.79. The van der Waals surface area contributed by atoms with E-state index in [0.29, 0.717) is 37.5 Å². The second-order valence-corrected chi connectivity index (χ2v) is 6.42. The molecule has 0 aliphatic carbocycles. The van der Waals surface area contributed by atoms with Crippen LogP contribution in [0.25, 0.3) is 0 Å². The van der Waals surface area contributed by atoms with Crippen LogP contribution >= 0.6 is 0 Å². The first kappa shape index (κ1) is 17.2. The van der Waals surface area contributed by atoms with Gasteiger partial charge in [0.15, 0.2) is 5.82 Å². The van der Waals surface area contributed by atoms with E-state index >= 15 is 0 Å². The largest absolute Gasteiger partial charge is 0.466 e. The molecule has 0 aromatic carbocycles. The van der Waals surface area contributed by atoms with Crippen LogP contribution in [0.3, 0.4) is 0 Å². The first-order valence-corrected chi connectivity index (χ1v) is 8.03. The second-order valence-electron chi connectivity index (χ2n) is 6.42. The Morgan fingerprint density at radius 2 is 2.13 bits per heavy atom. The third kappa shape index (κ3) is 2.88. The Bertz CT molecular complexity index is 651. The number of esters is 1. The molecular weight excluding hydrogens is 292 g/mol. The molecule has 1 fully saturated rings.